The van der Waals surface area contributed by atoms with Crippen LogP contribution in [0.1, 0.15) is 13.8 Å². The molecule has 0 saturated heterocycles. The van der Waals surface area contributed by atoms with Gasteiger partial charge in [-0.15, -0.1) is 23.2 Å². The van der Waals surface area contributed by atoms with E-state index in [1.807, 2.05) is 0 Å². The van der Waals surface area contributed by atoms with Gasteiger partial charge in [-0.2, -0.15) is 0 Å². The third kappa shape index (κ3) is 8.75. The first-order chi connectivity index (χ1) is 9.81. The third-order valence-electron chi connectivity index (χ3n) is 2.23. The summed E-state index contributed by atoms with van der Waals surface area (Å²) in [7, 11) is 0. The maximum absolute atomic E-state index is 11.3. The summed E-state index contributed by atoms with van der Waals surface area (Å²) in [5.74, 6) is -0.842. The number of halogens is 2. The van der Waals surface area contributed by atoms with Crippen LogP contribution < -0.4 is 0 Å². The molecule has 0 saturated carbocycles. The van der Waals surface area contributed by atoms with Crippen molar-refractivity contribution in [2.24, 2.45) is 0 Å². The lowest BCUT2D eigenvalue weighted by Gasteiger charge is -2.21. The van der Waals surface area contributed by atoms with E-state index in [0.29, 0.717) is 0 Å². The summed E-state index contributed by atoms with van der Waals surface area (Å²) >= 11 is 11.5. The van der Waals surface area contributed by atoms with Gasteiger partial charge >= 0.3 is 11.9 Å². The van der Waals surface area contributed by atoms with Crippen LogP contribution in [0.5, 0.6) is 0 Å². The zero-order chi connectivity index (χ0) is 16.4. The first-order valence-corrected chi connectivity index (χ1v) is 7.31. The molecule has 0 aliphatic rings. The first kappa shape index (κ1) is 20.0. The van der Waals surface area contributed by atoms with Crippen LogP contribution in [0.15, 0.2) is 24.3 Å². The van der Waals surface area contributed by atoms with Crippen LogP contribution in [-0.4, -0.2) is 49.1 Å². The SMILES string of the molecule is C=C(C)C(=O)OCC(CCl)OC(CCl)COC(=O)C(=C)C. The highest BCUT2D eigenvalue weighted by Gasteiger charge is 2.19. The molecule has 0 amide bonds. The Hall–Kier alpha value is -1.04. The fourth-order valence-corrected chi connectivity index (χ4v) is 1.42. The van der Waals surface area contributed by atoms with Crippen molar-refractivity contribution < 1.29 is 23.8 Å². The van der Waals surface area contributed by atoms with Crippen LogP contribution in [0.2, 0.25) is 0 Å². The molecule has 0 aromatic rings. The Morgan fingerprint density at radius 1 is 0.905 bits per heavy atom. The smallest absolute Gasteiger partial charge is 0.333 e. The molecule has 0 N–H and O–H groups in total. The second kappa shape index (κ2) is 10.7. The monoisotopic (exact) mass is 338 g/mol. The van der Waals surface area contributed by atoms with Gasteiger partial charge < -0.3 is 14.2 Å². The zero-order valence-corrected chi connectivity index (χ0v) is 13.7. The van der Waals surface area contributed by atoms with Crippen molar-refractivity contribution in [1.29, 1.82) is 0 Å². The molecule has 5 nitrogen and oxygen atoms in total. The van der Waals surface area contributed by atoms with Gasteiger partial charge in [-0.3, -0.25) is 0 Å². The average Bonchev–Trinajstić information content (AvgIpc) is 2.45. The number of carbonyl (C=O) groups excluding carboxylic acids is 2. The van der Waals surface area contributed by atoms with E-state index in [9.17, 15) is 9.59 Å². The van der Waals surface area contributed by atoms with Crippen molar-refractivity contribution in [1.82, 2.24) is 0 Å². The lowest BCUT2D eigenvalue weighted by atomic mass is 10.3. The van der Waals surface area contributed by atoms with Crippen molar-refractivity contribution in [3.8, 4) is 0 Å². The Morgan fingerprint density at radius 2 is 1.24 bits per heavy atom. The van der Waals surface area contributed by atoms with Crippen LogP contribution in [0, 0.1) is 0 Å². The molecule has 0 rings (SSSR count). The van der Waals surface area contributed by atoms with Crippen LogP contribution in [-0.2, 0) is 23.8 Å². The minimum atomic E-state index is -0.553. The molecular formula is C14H20Cl2O5. The number of ether oxygens (including phenoxy) is 3. The van der Waals surface area contributed by atoms with E-state index in [4.69, 9.17) is 37.4 Å². The Bertz CT molecular complexity index is 359. The summed E-state index contributed by atoms with van der Waals surface area (Å²) in [6.45, 7) is 9.95. The van der Waals surface area contributed by atoms with Gasteiger partial charge in [0.15, 0.2) is 0 Å². The highest BCUT2D eigenvalue weighted by Crippen LogP contribution is 2.07. The van der Waals surface area contributed by atoms with Gasteiger partial charge in [-0.1, -0.05) is 13.2 Å². The fraction of sp³-hybridized carbons (Fsp3) is 0.571. The van der Waals surface area contributed by atoms with Crippen molar-refractivity contribution in [2.45, 2.75) is 26.1 Å². The molecule has 2 unspecified atom stereocenters. The molecule has 0 fully saturated rings. The Kier molecular flexibility index (Phi) is 10.1. The van der Waals surface area contributed by atoms with E-state index in [1.165, 1.54) is 13.8 Å². The highest BCUT2D eigenvalue weighted by atomic mass is 35.5. The quantitative estimate of drug-likeness (QED) is 0.348. The molecule has 0 aromatic carbocycles. The molecular weight excluding hydrogens is 319 g/mol. The molecule has 0 aromatic heterocycles. The van der Waals surface area contributed by atoms with Crippen molar-refractivity contribution in [2.75, 3.05) is 25.0 Å². The maximum atomic E-state index is 11.3. The number of alkyl halides is 2. The summed E-state index contributed by atoms with van der Waals surface area (Å²) in [6.07, 6.45) is -1.11. The van der Waals surface area contributed by atoms with Gasteiger partial charge in [-0.25, -0.2) is 9.59 Å². The van der Waals surface area contributed by atoms with E-state index < -0.39 is 24.1 Å². The predicted molar refractivity (Wildman–Crippen MR) is 81.6 cm³/mol. The molecule has 0 bridgehead atoms. The van der Waals surface area contributed by atoms with Gasteiger partial charge in [-0.05, 0) is 13.8 Å². The molecule has 120 valence electrons. The Balaban J connectivity index is 4.28. The number of esters is 2. The van der Waals surface area contributed by atoms with Gasteiger partial charge in [0.1, 0.15) is 25.4 Å². The zero-order valence-electron chi connectivity index (χ0n) is 12.2. The van der Waals surface area contributed by atoms with Gasteiger partial charge in [0.25, 0.3) is 0 Å². The number of hydrogen-bond acceptors (Lipinski definition) is 5. The Labute approximate surface area is 134 Å². The summed E-state index contributed by atoms with van der Waals surface area (Å²) in [5.41, 5.74) is 0.570. The fourth-order valence-electron chi connectivity index (χ4n) is 1.10. The highest BCUT2D eigenvalue weighted by molar-refractivity contribution is 6.18. The van der Waals surface area contributed by atoms with E-state index >= 15 is 0 Å². The lowest BCUT2D eigenvalue weighted by molar-refractivity contribution is -0.148. The molecule has 21 heavy (non-hydrogen) atoms. The molecule has 0 radical (unpaired) electrons. The number of hydrogen-bond donors (Lipinski definition) is 0. The average molecular weight is 339 g/mol. The topological polar surface area (TPSA) is 61.8 Å². The van der Waals surface area contributed by atoms with Crippen LogP contribution in [0.25, 0.3) is 0 Å². The molecule has 0 heterocycles. The first-order valence-electron chi connectivity index (χ1n) is 6.24. The summed E-state index contributed by atoms with van der Waals surface area (Å²) in [5, 5.41) is 0. The van der Waals surface area contributed by atoms with Crippen LogP contribution in [0.4, 0.5) is 0 Å². The van der Waals surface area contributed by atoms with Gasteiger partial charge in [0.05, 0.1) is 11.8 Å². The largest absolute Gasteiger partial charge is 0.460 e. The molecule has 2 atom stereocenters. The predicted octanol–water partition coefficient (Wildman–Crippen LogP) is 2.46. The third-order valence-corrected chi connectivity index (χ3v) is 2.92. The van der Waals surface area contributed by atoms with Crippen molar-refractivity contribution in [3.05, 3.63) is 24.3 Å². The number of rotatable bonds is 10. The minimum Gasteiger partial charge on any atom is -0.460 e. The summed E-state index contributed by atoms with van der Waals surface area (Å²) in [6, 6.07) is 0. The van der Waals surface area contributed by atoms with E-state index in [1.54, 1.807) is 0 Å². The standard InChI is InChI=1S/C14H20Cl2O5/c1-9(2)13(17)19-7-11(5-15)21-12(6-16)8-20-14(18)10(3)4/h11-12H,1,3,5-8H2,2,4H3. The van der Waals surface area contributed by atoms with E-state index in [-0.39, 0.29) is 36.1 Å². The summed E-state index contributed by atoms with van der Waals surface area (Å²) in [4.78, 5) is 22.6. The van der Waals surface area contributed by atoms with Crippen molar-refractivity contribution in [3.63, 3.8) is 0 Å². The van der Waals surface area contributed by atoms with Crippen LogP contribution >= 0.6 is 23.2 Å². The van der Waals surface area contributed by atoms with Crippen LogP contribution in [0.3, 0.4) is 0 Å². The van der Waals surface area contributed by atoms with E-state index in [2.05, 4.69) is 13.2 Å². The molecule has 0 spiro atoms. The second-order valence-corrected chi connectivity index (χ2v) is 5.06. The van der Waals surface area contributed by atoms with Gasteiger partial charge in [0.2, 0.25) is 0 Å². The Morgan fingerprint density at radius 3 is 1.48 bits per heavy atom. The lowest BCUT2D eigenvalue weighted by Crippen LogP contribution is -2.33. The molecule has 7 heteroatoms. The molecule has 0 aliphatic heterocycles. The maximum Gasteiger partial charge on any atom is 0.333 e. The van der Waals surface area contributed by atoms with E-state index in [0.717, 1.165) is 0 Å². The normalized spacial score (nSPS) is 13.1. The molecule has 0 aliphatic carbocycles. The number of carbonyl (C=O) groups is 2. The second-order valence-electron chi connectivity index (χ2n) is 4.45. The van der Waals surface area contributed by atoms with Crippen molar-refractivity contribution >= 4 is 35.1 Å². The summed E-state index contributed by atoms with van der Waals surface area (Å²) < 4.78 is 15.4. The minimum absolute atomic E-state index is 0.0307. The van der Waals surface area contributed by atoms with Gasteiger partial charge in [0, 0.05) is 11.1 Å².